The van der Waals surface area contributed by atoms with Gasteiger partial charge in [-0.3, -0.25) is 4.90 Å². The minimum atomic E-state index is 0.362. The van der Waals surface area contributed by atoms with Crippen LogP contribution < -0.4 is 4.74 Å². The van der Waals surface area contributed by atoms with Gasteiger partial charge in [0.2, 0.25) is 0 Å². The molecule has 2 nitrogen and oxygen atoms in total. The van der Waals surface area contributed by atoms with E-state index in [0.29, 0.717) is 6.10 Å². The van der Waals surface area contributed by atoms with Crippen molar-refractivity contribution in [2.45, 2.75) is 18.9 Å². The molecule has 0 radical (unpaired) electrons. The number of piperidine rings is 3. The molecule has 1 aromatic carbocycles. The number of hydrogen-bond acceptors (Lipinski definition) is 2. The molecule has 1 aromatic rings. The molecule has 2 bridgehead atoms. The summed E-state index contributed by atoms with van der Waals surface area (Å²) in [5.41, 5.74) is 0. The molecule has 0 N–H and O–H groups in total. The minimum Gasteiger partial charge on any atom is -0.489 e. The lowest BCUT2D eigenvalue weighted by molar-refractivity contribution is -0.00775. The number of nitrogens with zero attached hydrogens (tertiary/aromatic N) is 1. The van der Waals surface area contributed by atoms with E-state index in [4.69, 9.17) is 16.3 Å². The topological polar surface area (TPSA) is 12.5 Å². The highest BCUT2D eigenvalue weighted by Crippen LogP contribution is 2.31. The predicted molar refractivity (Wildman–Crippen MR) is 65.0 cm³/mol. The molecular weight excluding hydrogens is 222 g/mol. The van der Waals surface area contributed by atoms with E-state index in [0.717, 1.165) is 23.2 Å². The van der Waals surface area contributed by atoms with Gasteiger partial charge in [-0.2, -0.15) is 0 Å². The maximum absolute atomic E-state index is 6.04. The summed E-state index contributed by atoms with van der Waals surface area (Å²) in [5.74, 6) is 1.65. The van der Waals surface area contributed by atoms with Gasteiger partial charge in [-0.05, 0) is 50.0 Å². The summed E-state index contributed by atoms with van der Waals surface area (Å²) in [6.45, 7) is 3.58. The second-order valence-electron chi connectivity index (χ2n) is 4.75. The van der Waals surface area contributed by atoms with Crippen LogP contribution in [-0.2, 0) is 0 Å². The third-order valence-electron chi connectivity index (χ3n) is 3.68. The van der Waals surface area contributed by atoms with Crippen molar-refractivity contribution in [3.05, 3.63) is 29.3 Å². The standard InChI is InChI=1S/C13H16ClNO/c14-11-2-1-3-12(8-11)16-13-9-15-6-4-10(13)5-7-15/h1-3,8,10,13H,4-7,9H2. The zero-order valence-electron chi connectivity index (χ0n) is 9.23. The Morgan fingerprint density at radius 2 is 2.06 bits per heavy atom. The lowest BCUT2D eigenvalue weighted by Crippen LogP contribution is -2.52. The maximum Gasteiger partial charge on any atom is 0.121 e. The summed E-state index contributed by atoms with van der Waals surface area (Å²) in [6.07, 6.45) is 2.93. The molecule has 3 fully saturated rings. The van der Waals surface area contributed by atoms with E-state index in [9.17, 15) is 0 Å². The maximum atomic E-state index is 6.04. The first-order chi connectivity index (χ1) is 7.81. The lowest BCUT2D eigenvalue weighted by atomic mass is 9.86. The highest BCUT2D eigenvalue weighted by molar-refractivity contribution is 6.30. The van der Waals surface area contributed by atoms with Gasteiger partial charge >= 0.3 is 0 Å². The summed E-state index contributed by atoms with van der Waals surface area (Å²) in [5, 5.41) is 0.749. The Labute approximate surface area is 101 Å². The third kappa shape index (κ3) is 2.04. The second-order valence-corrected chi connectivity index (χ2v) is 5.19. The van der Waals surface area contributed by atoms with Gasteiger partial charge < -0.3 is 4.74 Å². The van der Waals surface area contributed by atoms with Crippen LogP contribution in [0.5, 0.6) is 5.75 Å². The van der Waals surface area contributed by atoms with Crippen LogP contribution in [0.3, 0.4) is 0 Å². The monoisotopic (exact) mass is 237 g/mol. The number of hydrogen-bond donors (Lipinski definition) is 0. The Morgan fingerprint density at radius 3 is 2.69 bits per heavy atom. The fourth-order valence-electron chi connectivity index (χ4n) is 2.76. The zero-order chi connectivity index (χ0) is 11.0. The predicted octanol–water partition coefficient (Wildman–Crippen LogP) is 2.81. The van der Waals surface area contributed by atoms with Gasteiger partial charge in [0.05, 0.1) is 0 Å². The van der Waals surface area contributed by atoms with Gasteiger partial charge in [-0.15, -0.1) is 0 Å². The highest BCUT2D eigenvalue weighted by Gasteiger charge is 2.35. The largest absolute Gasteiger partial charge is 0.489 e. The van der Waals surface area contributed by atoms with Gasteiger partial charge in [0, 0.05) is 11.6 Å². The lowest BCUT2D eigenvalue weighted by Gasteiger charge is -2.44. The summed E-state index contributed by atoms with van der Waals surface area (Å²) in [6, 6.07) is 7.71. The molecule has 3 aliphatic heterocycles. The van der Waals surface area contributed by atoms with Crippen LogP contribution >= 0.6 is 11.6 Å². The Hall–Kier alpha value is -0.730. The normalized spacial score (nSPS) is 32.7. The zero-order valence-corrected chi connectivity index (χ0v) is 9.99. The van der Waals surface area contributed by atoms with Crippen LogP contribution in [-0.4, -0.2) is 30.6 Å². The first-order valence-corrected chi connectivity index (χ1v) is 6.33. The molecule has 3 heterocycles. The molecule has 1 unspecified atom stereocenters. The van der Waals surface area contributed by atoms with Crippen LogP contribution in [0.25, 0.3) is 0 Å². The van der Waals surface area contributed by atoms with Crippen molar-refractivity contribution in [3.8, 4) is 5.75 Å². The Morgan fingerprint density at radius 1 is 1.25 bits per heavy atom. The average Bonchev–Trinajstić information content (AvgIpc) is 2.30. The number of benzene rings is 1. The minimum absolute atomic E-state index is 0.362. The molecule has 4 rings (SSSR count). The van der Waals surface area contributed by atoms with Crippen molar-refractivity contribution >= 4 is 11.6 Å². The molecule has 0 aromatic heterocycles. The smallest absolute Gasteiger partial charge is 0.121 e. The molecule has 0 saturated carbocycles. The quantitative estimate of drug-likeness (QED) is 0.784. The first-order valence-electron chi connectivity index (χ1n) is 5.96. The van der Waals surface area contributed by atoms with Crippen molar-refractivity contribution in [1.29, 1.82) is 0 Å². The molecule has 3 aliphatic rings. The van der Waals surface area contributed by atoms with E-state index in [-0.39, 0.29) is 0 Å². The van der Waals surface area contributed by atoms with Crippen molar-refractivity contribution in [1.82, 2.24) is 4.90 Å². The summed E-state index contributed by atoms with van der Waals surface area (Å²) < 4.78 is 6.04. The van der Waals surface area contributed by atoms with Gasteiger partial charge in [-0.25, -0.2) is 0 Å². The molecule has 1 atom stereocenters. The van der Waals surface area contributed by atoms with Gasteiger partial charge in [0.15, 0.2) is 0 Å². The average molecular weight is 238 g/mol. The van der Waals surface area contributed by atoms with E-state index >= 15 is 0 Å². The van der Waals surface area contributed by atoms with E-state index in [1.54, 1.807) is 0 Å². The van der Waals surface area contributed by atoms with Crippen molar-refractivity contribution in [3.63, 3.8) is 0 Å². The van der Waals surface area contributed by atoms with E-state index < -0.39 is 0 Å². The van der Waals surface area contributed by atoms with Gasteiger partial charge in [0.1, 0.15) is 11.9 Å². The number of rotatable bonds is 2. The van der Waals surface area contributed by atoms with Crippen molar-refractivity contribution < 1.29 is 4.74 Å². The number of halogens is 1. The molecule has 3 heteroatoms. The molecule has 3 saturated heterocycles. The molecule has 0 spiro atoms. The Bertz CT molecular complexity index is 374. The van der Waals surface area contributed by atoms with Crippen molar-refractivity contribution in [2.75, 3.05) is 19.6 Å². The molecular formula is C13H16ClNO. The molecule has 0 aliphatic carbocycles. The van der Waals surface area contributed by atoms with Crippen LogP contribution in [0, 0.1) is 5.92 Å². The molecule has 0 amide bonds. The van der Waals surface area contributed by atoms with Crippen LogP contribution in [0.15, 0.2) is 24.3 Å². The molecule has 16 heavy (non-hydrogen) atoms. The summed E-state index contributed by atoms with van der Waals surface area (Å²) >= 11 is 5.95. The molecule has 86 valence electrons. The summed E-state index contributed by atoms with van der Waals surface area (Å²) in [7, 11) is 0. The Balaban J connectivity index is 1.71. The third-order valence-corrected chi connectivity index (χ3v) is 3.91. The van der Waals surface area contributed by atoms with Gasteiger partial charge in [-0.1, -0.05) is 17.7 Å². The van der Waals surface area contributed by atoms with Crippen LogP contribution in [0.4, 0.5) is 0 Å². The SMILES string of the molecule is Clc1cccc(OC2CN3CCC2CC3)c1. The summed E-state index contributed by atoms with van der Waals surface area (Å²) in [4.78, 5) is 2.50. The number of ether oxygens (including phenoxy) is 1. The van der Waals surface area contributed by atoms with E-state index in [1.807, 2.05) is 24.3 Å². The van der Waals surface area contributed by atoms with Gasteiger partial charge in [0.25, 0.3) is 0 Å². The highest BCUT2D eigenvalue weighted by atomic mass is 35.5. The second kappa shape index (κ2) is 4.27. The first kappa shape index (κ1) is 10.4. The van der Waals surface area contributed by atoms with Crippen LogP contribution in [0.1, 0.15) is 12.8 Å². The fourth-order valence-corrected chi connectivity index (χ4v) is 2.94. The fraction of sp³-hybridized carbons (Fsp3) is 0.538. The van der Waals surface area contributed by atoms with E-state index in [1.165, 1.54) is 25.9 Å². The van der Waals surface area contributed by atoms with Crippen LogP contribution in [0.2, 0.25) is 5.02 Å². The number of fused-ring (bicyclic) bond motifs is 3. The Kier molecular flexibility index (Phi) is 2.78. The van der Waals surface area contributed by atoms with E-state index in [2.05, 4.69) is 4.90 Å². The van der Waals surface area contributed by atoms with Crippen molar-refractivity contribution in [2.24, 2.45) is 5.92 Å².